The summed E-state index contributed by atoms with van der Waals surface area (Å²) in [6.45, 7) is 5.58. The molecular weight excluding hydrogens is 360 g/mol. The molecule has 0 fully saturated rings. The highest BCUT2D eigenvalue weighted by Gasteiger charge is 2.27. The quantitative estimate of drug-likeness (QED) is 0.693. The SMILES string of the molecule is Cc1nnc(C(CC(C)C)NS(=O)(=O)c2ccc3c(c2)oc(=O)n3C)o1. The number of benzene rings is 1. The number of rotatable bonds is 6. The van der Waals surface area contributed by atoms with Gasteiger partial charge in [-0.2, -0.15) is 4.72 Å². The number of hydrogen-bond donors (Lipinski definition) is 1. The van der Waals surface area contributed by atoms with Crippen molar-refractivity contribution in [2.45, 2.75) is 38.1 Å². The van der Waals surface area contributed by atoms with Crippen molar-refractivity contribution in [2.75, 3.05) is 0 Å². The molecule has 0 aliphatic rings. The van der Waals surface area contributed by atoms with E-state index in [2.05, 4.69) is 14.9 Å². The normalized spacial score (nSPS) is 13.6. The predicted molar refractivity (Wildman–Crippen MR) is 93.0 cm³/mol. The Morgan fingerprint density at radius 2 is 1.96 bits per heavy atom. The van der Waals surface area contributed by atoms with Gasteiger partial charge >= 0.3 is 5.76 Å². The van der Waals surface area contributed by atoms with Crippen LogP contribution in [0.4, 0.5) is 0 Å². The molecule has 0 spiro atoms. The van der Waals surface area contributed by atoms with Gasteiger partial charge in [0.1, 0.15) is 6.04 Å². The summed E-state index contributed by atoms with van der Waals surface area (Å²) in [5.74, 6) is 0.221. The highest BCUT2D eigenvalue weighted by Crippen LogP contribution is 2.24. The Balaban J connectivity index is 1.96. The van der Waals surface area contributed by atoms with E-state index in [9.17, 15) is 13.2 Å². The van der Waals surface area contributed by atoms with Crippen LogP contribution in [0.5, 0.6) is 0 Å². The van der Waals surface area contributed by atoms with E-state index in [1.54, 1.807) is 14.0 Å². The van der Waals surface area contributed by atoms with Gasteiger partial charge in [0.2, 0.25) is 21.8 Å². The van der Waals surface area contributed by atoms with Crippen LogP contribution in [0.3, 0.4) is 0 Å². The summed E-state index contributed by atoms with van der Waals surface area (Å²) < 4.78 is 40.0. The third-order valence-electron chi connectivity index (χ3n) is 3.92. The first-order valence-corrected chi connectivity index (χ1v) is 9.57. The Kier molecular flexibility index (Phi) is 4.72. The van der Waals surface area contributed by atoms with Crippen molar-refractivity contribution in [3.05, 3.63) is 40.5 Å². The van der Waals surface area contributed by atoms with E-state index in [0.29, 0.717) is 17.8 Å². The number of hydrogen-bond acceptors (Lipinski definition) is 7. The molecule has 3 rings (SSSR count). The summed E-state index contributed by atoms with van der Waals surface area (Å²) in [6.07, 6.45) is 0.490. The average Bonchev–Trinajstić information content (AvgIpc) is 3.10. The van der Waals surface area contributed by atoms with E-state index < -0.39 is 21.8 Å². The van der Waals surface area contributed by atoms with Gasteiger partial charge in [-0.25, -0.2) is 13.2 Å². The molecule has 1 unspecified atom stereocenters. The molecule has 0 aliphatic heterocycles. The maximum atomic E-state index is 12.8. The standard InChI is InChI=1S/C16H20N4O5S/c1-9(2)7-12(15-18-17-10(3)24-15)19-26(22,23)11-5-6-13-14(8-11)25-16(21)20(13)4/h5-6,8-9,12,19H,7H2,1-4H3. The monoisotopic (exact) mass is 380 g/mol. The third-order valence-corrected chi connectivity index (χ3v) is 5.39. The van der Waals surface area contributed by atoms with Crippen LogP contribution in [0.2, 0.25) is 0 Å². The van der Waals surface area contributed by atoms with Crippen LogP contribution in [0.1, 0.15) is 38.1 Å². The molecule has 9 nitrogen and oxygen atoms in total. The molecule has 0 saturated carbocycles. The van der Waals surface area contributed by atoms with Crippen molar-refractivity contribution in [2.24, 2.45) is 13.0 Å². The molecule has 1 atom stereocenters. The van der Waals surface area contributed by atoms with Gasteiger partial charge < -0.3 is 8.83 Å². The van der Waals surface area contributed by atoms with Gasteiger partial charge in [0.05, 0.1) is 10.4 Å². The molecule has 1 N–H and O–H groups in total. The number of sulfonamides is 1. The van der Waals surface area contributed by atoms with Crippen molar-refractivity contribution in [1.29, 1.82) is 0 Å². The molecule has 10 heteroatoms. The Morgan fingerprint density at radius 1 is 1.23 bits per heavy atom. The highest BCUT2D eigenvalue weighted by molar-refractivity contribution is 7.89. The number of aryl methyl sites for hydroxylation is 2. The lowest BCUT2D eigenvalue weighted by Gasteiger charge is -2.17. The van der Waals surface area contributed by atoms with Crippen LogP contribution in [0, 0.1) is 12.8 Å². The van der Waals surface area contributed by atoms with E-state index in [4.69, 9.17) is 8.83 Å². The summed E-state index contributed by atoms with van der Waals surface area (Å²) in [5.41, 5.74) is 0.717. The van der Waals surface area contributed by atoms with Gasteiger partial charge in [-0.05, 0) is 24.5 Å². The molecule has 2 heterocycles. The molecule has 0 radical (unpaired) electrons. The van der Waals surface area contributed by atoms with Crippen LogP contribution in [0.25, 0.3) is 11.1 Å². The summed E-state index contributed by atoms with van der Waals surface area (Å²) in [7, 11) is -2.34. The lowest BCUT2D eigenvalue weighted by molar-refractivity contribution is 0.372. The lowest BCUT2D eigenvalue weighted by atomic mass is 10.0. The van der Waals surface area contributed by atoms with Crippen LogP contribution in [0.15, 0.2) is 36.7 Å². The van der Waals surface area contributed by atoms with E-state index in [1.807, 2.05) is 13.8 Å². The molecule has 1 aromatic carbocycles. The van der Waals surface area contributed by atoms with E-state index >= 15 is 0 Å². The van der Waals surface area contributed by atoms with Crippen molar-refractivity contribution >= 4 is 21.1 Å². The smallest absolute Gasteiger partial charge is 0.419 e. The van der Waals surface area contributed by atoms with Crippen molar-refractivity contribution in [3.8, 4) is 0 Å². The largest absolute Gasteiger partial charge is 0.424 e. The zero-order chi connectivity index (χ0) is 19.1. The number of aromatic nitrogens is 3. The molecule has 0 amide bonds. The van der Waals surface area contributed by atoms with Crippen LogP contribution in [-0.2, 0) is 17.1 Å². The molecule has 26 heavy (non-hydrogen) atoms. The molecule has 3 aromatic rings. The van der Waals surface area contributed by atoms with Crippen molar-refractivity contribution in [3.63, 3.8) is 0 Å². The summed E-state index contributed by atoms with van der Waals surface area (Å²) in [6, 6.07) is 3.62. The van der Waals surface area contributed by atoms with Gasteiger partial charge in [-0.3, -0.25) is 4.57 Å². The van der Waals surface area contributed by atoms with E-state index in [0.717, 1.165) is 0 Å². The summed E-state index contributed by atoms with van der Waals surface area (Å²) >= 11 is 0. The molecule has 0 bridgehead atoms. The van der Waals surface area contributed by atoms with E-state index in [-0.39, 0.29) is 22.3 Å². The third kappa shape index (κ3) is 3.56. The highest BCUT2D eigenvalue weighted by atomic mass is 32.2. The summed E-state index contributed by atoms with van der Waals surface area (Å²) in [5, 5.41) is 7.70. The predicted octanol–water partition coefficient (Wildman–Crippen LogP) is 1.89. The van der Waals surface area contributed by atoms with Gasteiger partial charge in [0.25, 0.3) is 0 Å². The fraction of sp³-hybridized carbons (Fsp3) is 0.438. The van der Waals surface area contributed by atoms with Gasteiger partial charge in [0.15, 0.2) is 5.58 Å². The number of nitrogens with zero attached hydrogens (tertiary/aromatic N) is 3. The topological polar surface area (TPSA) is 120 Å². The van der Waals surface area contributed by atoms with Crippen LogP contribution < -0.4 is 10.5 Å². The van der Waals surface area contributed by atoms with Crippen molar-refractivity contribution in [1.82, 2.24) is 19.5 Å². The van der Waals surface area contributed by atoms with Gasteiger partial charge in [-0.15, -0.1) is 10.2 Å². The fourth-order valence-electron chi connectivity index (χ4n) is 2.66. The van der Waals surface area contributed by atoms with Gasteiger partial charge in [-0.1, -0.05) is 13.8 Å². The van der Waals surface area contributed by atoms with Crippen LogP contribution in [-0.4, -0.2) is 23.2 Å². The Hall–Kier alpha value is -2.46. The fourth-order valence-corrected chi connectivity index (χ4v) is 3.88. The molecule has 0 saturated heterocycles. The lowest BCUT2D eigenvalue weighted by Crippen LogP contribution is -2.30. The second kappa shape index (κ2) is 6.69. The summed E-state index contributed by atoms with van der Waals surface area (Å²) in [4.78, 5) is 11.6. The Bertz CT molecular complexity index is 1090. The minimum Gasteiger partial charge on any atom is -0.424 e. The molecular formula is C16H20N4O5S. The van der Waals surface area contributed by atoms with Crippen LogP contribution >= 0.6 is 0 Å². The maximum absolute atomic E-state index is 12.8. The van der Waals surface area contributed by atoms with Gasteiger partial charge in [0, 0.05) is 20.0 Å². The maximum Gasteiger partial charge on any atom is 0.419 e. The van der Waals surface area contributed by atoms with E-state index in [1.165, 1.54) is 22.8 Å². The Labute approximate surface area is 150 Å². The first-order chi connectivity index (χ1) is 12.2. The minimum absolute atomic E-state index is 0.00987. The number of oxazole rings is 1. The number of fused-ring (bicyclic) bond motifs is 1. The first kappa shape index (κ1) is 18.3. The minimum atomic E-state index is -3.89. The molecule has 140 valence electrons. The zero-order valence-electron chi connectivity index (χ0n) is 14.9. The molecule has 0 aliphatic carbocycles. The molecule has 2 aromatic heterocycles. The average molecular weight is 380 g/mol. The Morgan fingerprint density at radius 3 is 2.58 bits per heavy atom. The first-order valence-electron chi connectivity index (χ1n) is 8.09. The second-order valence-electron chi connectivity index (χ2n) is 6.52. The second-order valence-corrected chi connectivity index (χ2v) is 8.23. The zero-order valence-corrected chi connectivity index (χ0v) is 15.7. The number of nitrogens with one attached hydrogen (secondary N) is 1. The van der Waals surface area contributed by atoms with Crippen molar-refractivity contribution < 1.29 is 17.3 Å².